The molecule has 204 valence electrons. The van der Waals surface area contributed by atoms with Crippen molar-refractivity contribution in [3.63, 3.8) is 0 Å². The van der Waals surface area contributed by atoms with Crippen LogP contribution in [-0.4, -0.2) is 54.8 Å². The van der Waals surface area contributed by atoms with Crippen molar-refractivity contribution in [3.8, 4) is 0 Å². The van der Waals surface area contributed by atoms with Crippen LogP contribution >= 0.6 is 11.6 Å². The molecule has 0 aliphatic carbocycles. The standard InChI is InChI=1S/C25H19ClF4N4O5/c1-34(39-3)23(36)13-10-18(33-22(35)19-15(25(28,29)30)5-4-6-16(19)26)21(32-11-13)20(31)14-8-7-12(9-17(14)27)24(37)38-2/h4-11,31H,1-3H3,(H,33,35). The Bertz CT molecular complexity index is 1480. The highest BCUT2D eigenvalue weighted by atomic mass is 35.5. The number of methoxy groups -OCH3 is 1. The van der Waals surface area contributed by atoms with Crippen LogP contribution in [0, 0.1) is 11.2 Å². The van der Waals surface area contributed by atoms with Crippen molar-refractivity contribution < 1.29 is 41.5 Å². The molecular weight excluding hydrogens is 548 g/mol. The number of nitrogens with zero attached hydrogens (tertiary/aromatic N) is 2. The minimum Gasteiger partial charge on any atom is -0.465 e. The Kier molecular flexibility index (Phi) is 8.67. The number of hydroxylamine groups is 2. The lowest BCUT2D eigenvalue weighted by molar-refractivity contribution is -0.137. The molecule has 0 saturated heterocycles. The first-order valence-corrected chi connectivity index (χ1v) is 11.1. The predicted molar refractivity (Wildman–Crippen MR) is 131 cm³/mol. The molecule has 39 heavy (non-hydrogen) atoms. The van der Waals surface area contributed by atoms with Crippen molar-refractivity contribution in [2.45, 2.75) is 6.18 Å². The predicted octanol–water partition coefficient (Wildman–Crippen LogP) is 4.98. The molecule has 2 aromatic carbocycles. The van der Waals surface area contributed by atoms with E-state index in [1.165, 1.54) is 20.2 Å². The van der Waals surface area contributed by atoms with Crippen LogP contribution in [0.5, 0.6) is 0 Å². The molecule has 2 N–H and O–H groups in total. The van der Waals surface area contributed by atoms with Crippen molar-refractivity contribution in [1.29, 1.82) is 5.41 Å². The summed E-state index contributed by atoms with van der Waals surface area (Å²) in [6, 6.07) is 6.89. The Hall–Kier alpha value is -4.36. The van der Waals surface area contributed by atoms with E-state index in [4.69, 9.17) is 21.8 Å². The maximum absolute atomic E-state index is 14.9. The third kappa shape index (κ3) is 6.21. The maximum Gasteiger partial charge on any atom is 0.417 e. The van der Waals surface area contributed by atoms with E-state index >= 15 is 0 Å². The lowest BCUT2D eigenvalue weighted by atomic mass is 10.0. The fraction of sp³-hybridized carbons (Fsp3) is 0.160. The number of halogens is 5. The zero-order valence-electron chi connectivity index (χ0n) is 20.4. The highest BCUT2D eigenvalue weighted by Gasteiger charge is 2.36. The van der Waals surface area contributed by atoms with Crippen LogP contribution in [-0.2, 0) is 15.8 Å². The molecule has 0 fully saturated rings. The average molecular weight is 567 g/mol. The van der Waals surface area contributed by atoms with Gasteiger partial charge in [-0.3, -0.25) is 24.8 Å². The molecule has 1 heterocycles. The molecule has 14 heteroatoms. The van der Waals surface area contributed by atoms with Gasteiger partial charge in [-0.2, -0.15) is 13.2 Å². The Morgan fingerprint density at radius 1 is 1.08 bits per heavy atom. The molecule has 0 unspecified atom stereocenters. The first-order chi connectivity index (χ1) is 18.3. The minimum atomic E-state index is -4.94. The number of hydrogen-bond donors (Lipinski definition) is 2. The van der Waals surface area contributed by atoms with Crippen LogP contribution in [0.2, 0.25) is 5.02 Å². The van der Waals surface area contributed by atoms with Gasteiger partial charge in [-0.25, -0.2) is 14.2 Å². The van der Waals surface area contributed by atoms with Crippen molar-refractivity contribution in [1.82, 2.24) is 10.0 Å². The van der Waals surface area contributed by atoms with Gasteiger partial charge in [-0.05, 0) is 36.4 Å². The van der Waals surface area contributed by atoms with E-state index in [0.29, 0.717) is 6.07 Å². The lowest BCUT2D eigenvalue weighted by Crippen LogP contribution is -2.26. The summed E-state index contributed by atoms with van der Waals surface area (Å²) in [5.41, 5.74) is -4.34. The fourth-order valence-electron chi connectivity index (χ4n) is 3.41. The van der Waals surface area contributed by atoms with Crippen LogP contribution in [0.25, 0.3) is 0 Å². The van der Waals surface area contributed by atoms with E-state index in [0.717, 1.165) is 48.7 Å². The van der Waals surface area contributed by atoms with Crippen molar-refractivity contribution in [2.75, 3.05) is 26.6 Å². The number of esters is 1. The summed E-state index contributed by atoms with van der Waals surface area (Å²) in [5.74, 6) is -3.93. The summed E-state index contributed by atoms with van der Waals surface area (Å²) in [5, 5.41) is 11.0. The van der Waals surface area contributed by atoms with Crippen LogP contribution < -0.4 is 5.32 Å². The zero-order valence-corrected chi connectivity index (χ0v) is 21.2. The average Bonchev–Trinajstić information content (AvgIpc) is 2.90. The van der Waals surface area contributed by atoms with E-state index in [2.05, 4.69) is 15.0 Å². The second-order valence-electron chi connectivity index (χ2n) is 7.78. The molecule has 0 aliphatic rings. The zero-order chi connectivity index (χ0) is 29.1. The molecule has 3 rings (SSSR count). The van der Waals surface area contributed by atoms with Crippen molar-refractivity contribution >= 4 is 40.8 Å². The number of nitrogens with one attached hydrogen (secondary N) is 2. The van der Waals surface area contributed by atoms with Gasteiger partial charge >= 0.3 is 12.1 Å². The van der Waals surface area contributed by atoms with Gasteiger partial charge in [0, 0.05) is 18.8 Å². The van der Waals surface area contributed by atoms with Crippen LogP contribution in [0.3, 0.4) is 0 Å². The number of amides is 2. The van der Waals surface area contributed by atoms with Gasteiger partial charge < -0.3 is 10.1 Å². The van der Waals surface area contributed by atoms with Gasteiger partial charge in [-0.15, -0.1) is 0 Å². The second-order valence-corrected chi connectivity index (χ2v) is 8.19. The molecule has 0 atom stereocenters. The Labute approximate surface area is 223 Å². The molecule has 0 radical (unpaired) electrons. The number of pyridine rings is 1. The van der Waals surface area contributed by atoms with E-state index in [-0.39, 0.29) is 16.7 Å². The number of alkyl halides is 3. The lowest BCUT2D eigenvalue weighted by Gasteiger charge is -2.18. The van der Waals surface area contributed by atoms with E-state index in [1.54, 1.807) is 0 Å². The van der Waals surface area contributed by atoms with Gasteiger partial charge in [0.25, 0.3) is 11.8 Å². The molecule has 0 saturated carbocycles. The number of ether oxygens (including phenoxy) is 1. The summed E-state index contributed by atoms with van der Waals surface area (Å²) >= 11 is 5.93. The number of anilines is 1. The Morgan fingerprint density at radius 2 is 1.77 bits per heavy atom. The van der Waals surface area contributed by atoms with Crippen LogP contribution in [0.1, 0.15) is 47.9 Å². The topological polar surface area (TPSA) is 122 Å². The summed E-state index contributed by atoms with van der Waals surface area (Å²) < 4.78 is 60.2. The van der Waals surface area contributed by atoms with Crippen molar-refractivity contribution in [3.05, 3.63) is 93.0 Å². The number of carbonyl (C=O) groups excluding carboxylic acids is 3. The largest absolute Gasteiger partial charge is 0.465 e. The second kappa shape index (κ2) is 11.6. The monoisotopic (exact) mass is 566 g/mol. The molecule has 0 bridgehead atoms. The molecule has 0 aliphatic heterocycles. The SMILES string of the molecule is COC(=O)c1ccc(C(=N)c2ncc(C(=O)N(C)OC)cc2NC(=O)c2c(Cl)cccc2C(F)(F)F)c(F)c1. The summed E-state index contributed by atoms with van der Waals surface area (Å²) in [6.45, 7) is 0. The quantitative estimate of drug-likeness (QED) is 0.180. The Balaban J connectivity index is 2.14. The number of rotatable bonds is 7. The highest BCUT2D eigenvalue weighted by Crippen LogP contribution is 2.35. The third-order valence-corrected chi connectivity index (χ3v) is 5.70. The number of aromatic nitrogens is 1. The van der Waals surface area contributed by atoms with Gasteiger partial charge in [-0.1, -0.05) is 17.7 Å². The van der Waals surface area contributed by atoms with Gasteiger partial charge in [0.1, 0.15) is 11.5 Å². The van der Waals surface area contributed by atoms with Crippen LogP contribution in [0.15, 0.2) is 48.7 Å². The van der Waals surface area contributed by atoms with E-state index in [9.17, 15) is 31.9 Å². The number of hydrogen-bond acceptors (Lipinski definition) is 7. The van der Waals surface area contributed by atoms with E-state index in [1.807, 2.05) is 0 Å². The molecule has 9 nitrogen and oxygen atoms in total. The summed E-state index contributed by atoms with van der Waals surface area (Å²) in [6.07, 6.45) is -3.93. The summed E-state index contributed by atoms with van der Waals surface area (Å²) in [7, 11) is 3.57. The fourth-order valence-corrected chi connectivity index (χ4v) is 3.67. The first-order valence-electron chi connectivity index (χ1n) is 10.8. The molecule has 1 aromatic heterocycles. The van der Waals surface area contributed by atoms with E-state index < -0.39 is 63.0 Å². The Morgan fingerprint density at radius 3 is 2.36 bits per heavy atom. The summed E-state index contributed by atoms with van der Waals surface area (Å²) in [4.78, 5) is 46.2. The molecule has 0 spiro atoms. The van der Waals surface area contributed by atoms with Gasteiger partial charge in [0.2, 0.25) is 0 Å². The number of benzene rings is 2. The maximum atomic E-state index is 14.9. The third-order valence-electron chi connectivity index (χ3n) is 5.39. The smallest absolute Gasteiger partial charge is 0.417 e. The number of carbonyl (C=O) groups is 3. The molecule has 2 amide bonds. The molecule has 3 aromatic rings. The first kappa shape index (κ1) is 29.2. The molecular formula is C25H19ClF4N4O5. The van der Waals surface area contributed by atoms with Crippen LogP contribution in [0.4, 0.5) is 23.2 Å². The van der Waals surface area contributed by atoms with Gasteiger partial charge in [0.05, 0.1) is 52.9 Å². The normalized spacial score (nSPS) is 11.1. The van der Waals surface area contributed by atoms with Crippen molar-refractivity contribution in [2.24, 2.45) is 0 Å². The minimum absolute atomic E-state index is 0.144. The highest BCUT2D eigenvalue weighted by molar-refractivity contribution is 6.34. The van der Waals surface area contributed by atoms with Gasteiger partial charge in [0.15, 0.2) is 0 Å².